The Bertz CT molecular complexity index is 1210. The smallest absolute Gasteiger partial charge is 0.385 e. The van der Waals surface area contributed by atoms with Gasteiger partial charge in [0.1, 0.15) is 11.9 Å². The number of halogens is 3. The van der Waals surface area contributed by atoms with Gasteiger partial charge in [0.2, 0.25) is 0 Å². The van der Waals surface area contributed by atoms with Crippen molar-refractivity contribution in [2.75, 3.05) is 5.75 Å². The number of carbonyl (C=O) groups excluding carboxylic acids is 1. The van der Waals surface area contributed by atoms with Crippen LogP contribution >= 0.6 is 11.8 Å². The van der Waals surface area contributed by atoms with Crippen LogP contribution in [-0.4, -0.2) is 32.5 Å². The highest BCUT2D eigenvalue weighted by Crippen LogP contribution is 2.41. The van der Waals surface area contributed by atoms with Gasteiger partial charge in [-0.1, -0.05) is 26.0 Å². The third-order valence-corrected chi connectivity index (χ3v) is 7.76. The van der Waals surface area contributed by atoms with Crippen LogP contribution in [0.2, 0.25) is 0 Å². The topological polar surface area (TPSA) is 67.2 Å². The number of rotatable bonds is 12. The average Bonchev–Trinajstić information content (AvgIpc) is 3.64. The summed E-state index contributed by atoms with van der Waals surface area (Å²) < 4.78 is 41.2. The molecule has 0 bridgehead atoms. The van der Waals surface area contributed by atoms with E-state index in [0.717, 1.165) is 29.7 Å². The maximum Gasteiger partial charge on any atom is 0.391 e. The molecule has 1 saturated carbocycles. The van der Waals surface area contributed by atoms with E-state index in [0.29, 0.717) is 23.4 Å². The number of nitrogens with one attached hydrogen (secondary N) is 1. The van der Waals surface area contributed by atoms with Crippen LogP contribution < -0.4 is 5.32 Å². The maximum absolute atomic E-state index is 13.1. The van der Waals surface area contributed by atoms with Gasteiger partial charge in [0.05, 0.1) is 17.0 Å². The molecule has 0 spiro atoms. The Morgan fingerprint density at radius 1 is 1.16 bits per heavy atom. The van der Waals surface area contributed by atoms with Crippen molar-refractivity contribution in [3.8, 4) is 0 Å². The molecule has 1 aliphatic rings. The number of nitrogens with zero attached hydrogens (tertiary/aromatic N) is 2. The normalized spacial score (nSPS) is 15.6. The number of carbonyl (C=O) groups is 1. The number of amides is 1. The largest absolute Gasteiger partial charge is 0.391 e. The number of alkyl halides is 3. The summed E-state index contributed by atoms with van der Waals surface area (Å²) in [6, 6.07) is 13.6. The molecule has 0 aliphatic heterocycles. The molecule has 1 aliphatic carbocycles. The van der Waals surface area contributed by atoms with Crippen molar-refractivity contribution in [3.63, 3.8) is 0 Å². The predicted octanol–water partition coefficient (Wildman–Crippen LogP) is 7.21. The van der Waals surface area contributed by atoms with Gasteiger partial charge in [0, 0.05) is 23.0 Å². The number of fused-ring (bicyclic) bond motifs is 1. The minimum absolute atomic E-state index is 0.00873. The van der Waals surface area contributed by atoms with Gasteiger partial charge in [-0.2, -0.15) is 13.2 Å². The Hall–Kier alpha value is -2.52. The van der Waals surface area contributed by atoms with Crippen LogP contribution in [0.25, 0.3) is 11.0 Å². The molecular formula is C28H34F3N3O2S. The fourth-order valence-corrected chi connectivity index (χ4v) is 5.31. The molecule has 4 rings (SSSR count). The minimum Gasteiger partial charge on any atom is -0.385 e. The highest BCUT2D eigenvalue weighted by atomic mass is 32.2. The minimum atomic E-state index is -4.21. The van der Waals surface area contributed by atoms with E-state index in [-0.39, 0.29) is 37.6 Å². The zero-order valence-corrected chi connectivity index (χ0v) is 22.0. The first-order valence-corrected chi connectivity index (χ1v) is 14.0. The second kappa shape index (κ2) is 11.9. The third-order valence-electron chi connectivity index (χ3n) is 6.86. The third kappa shape index (κ3) is 6.87. The van der Waals surface area contributed by atoms with E-state index < -0.39 is 18.2 Å². The lowest BCUT2D eigenvalue weighted by atomic mass is 9.97. The van der Waals surface area contributed by atoms with Crippen LogP contribution in [0.4, 0.5) is 13.2 Å². The van der Waals surface area contributed by atoms with E-state index in [1.165, 1.54) is 11.8 Å². The molecule has 1 heterocycles. The predicted molar refractivity (Wildman–Crippen MR) is 141 cm³/mol. The number of thioether (sulfide) groups is 1. The Kier molecular flexibility index (Phi) is 8.85. The molecule has 0 radical (unpaired) electrons. The maximum atomic E-state index is 13.1. The lowest BCUT2D eigenvalue weighted by Crippen LogP contribution is -2.22. The average molecular weight is 534 g/mol. The summed E-state index contributed by atoms with van der Waals surface area (Å²) in [4.78, 5) is 18.7. The standard InChI is InChI=1S/C28H34F3N3O2S/c1-3-20(28(29,30)31)6-5-7-25(35)26-33-23-16-19(10-15-24(23)34(26)21-11-12-21)27(36)32-17-18-8-13-22(14-9-18)37-4-2/h8-10,13-16,20-21,25,35H,3-7,11-12,17H2,1-2H3,(H,32,36)/t20?,25-/m0/s1. The van der Waals surface area contributed by atoms with E-state index in [1.807, 2.05) is 34.9 Å². The van der Waals surface area contributed by atoms with Gasteiger partial charge >= 0.3 is 6.18 Å². The Balaban J connectivity index is 1.44. The van der Waals surface area contributed by atoms with Gasteiger partial charge in [-0.25, -0.2) is 4.98 Å². The van der Waals surface area contributed by atoms with E-state index in [2.05, 4.69) is 17.2 Å². The van der Waals surface area contributed by atoms with Gasteiger partial charge < -0.3 is 15.0 Å². The first-order chi connectivity index (χ1) is 17.7. The fraction of sp³-hybridized carbons (Fsp3) is 0.500. The van der Waals surface area contributed by atoms with Gasteiger partial charge in [0.25, 0.3) is 5.91 Å². The first kappa shape index (κ1) is 27.5. The van der Waals surface area contributed by atoms with Crippen molar-refractivity contribution in [2.24, 2.45) is 5.92 Å². The molecule has 2 N–H and O–H groups in total. The van der Waals surface area contributed by atoms with Gasteiger partial charge in [-0.3, -0.25) is 4.79 Å². The molecule has 200 valence electrons. The molecule has 1 amide bonds. The molecule has 0 saturated heterocycles. The van der Waals surface area contributed by atoms with Crippen molar-refractivity contribution in [1.82, 2.24) is 14.9 Å². The molecule has 1 unspecified atom stereocenters. The number of aliphatic hydroxyl groups is 1. The first-order valence-electron chi connectivity index (χ1n) is 13.0. The van der Waals surface area contributed by atoms with Crippen LogP contribution in [0, 0.1) is 5.92 Å². The van der Waals surface area contributed by atoms with Crippen LogP contribution in [0.5, 0.6) is 0 Å². The quantitative estimate of drug-likeness (QED) is 0.242. The number of benzene rings is 2. The van der Waals surface area contributed by atoms with E-state index in [1.54, 1.807) is 23.9 Å². The second-order valence-electron chi connectivity index (χ2n) is 9.63. The summed E-state index contributed by atoms with van der Waals surface area (Å²) in [7, 11) is 0. The molecule has 1 aromatic heterocycles. The Morgan fingerprint density at radius 2 is 1.89 bits per heavy atom. The van der Waals surface area contributed by atoms with Gasteiger partial charge in [-0.05, 0) is 80.2 Å². The number of aromatic nitrogens is 2. The van der Waals surface area contributed by atoms with E-state index in [4.69, 9.17) is 0 Å². The Labute approximate surface area is 219 Å². The van der Waals surface area contributed by atoms with Crippen LogP contribution in [-0.2, 0) is 6.54 Å². The molecular weight excluding hydrogens is 499 g/mol. The summed E-state index contributed by atoms with van der Waals surface area (Å²) in [6.45, 7) is 4.05. The number of imidazole rings is 1. The summed E-state index contributed by atoms with van der Waals surface area (Å²) in [5.74, 6) is -0.0864. The van der Waals surface area contributed by atoms with E-state index >= 15 is 0 Å². The van der Waals surface area contributed by atoms with E-state index in [9.17, 15) is 23.1 Å². The fourth-order valence-electron chi connectivity index (χ4n) is 4.65. The molecule has 1 fully saturated rings. The summed E-state index contributed by atoms with van der Waals surface area (Å²) >= 11 is 1.77. The molecule has 2 aromatic carbocycles. The van der Waals surface area contributed by atoms with Crippen molar-refractivity contribution in [3.05, 3.63) is 59.4 Å². The number of hydrogen-bond acceptors (Lipinski definition) is 4. The summed E-state index contributed by atoms with van der Waals surface area (Å²) in [5, 5.41) is 13.8. The number of hydrogen-bond donors (Lipinski definition) is 2. The lowest BCUT2D eigenvalue weighted by molar-refractivity contribution is -0.177. The second-order valence-corrected chi connectivity index (χ2v) is 11.0. The van der Waals surface area contributed by atoms with Gasteiger partial charge in [-0.15, -0.1) is 11.8 Å². The van der Waals surface area contributed by atoms with Crippen molar-refractivity contribution < 1.29 is 23.1 Å². The van der Waals surface area contributed by atoms with Crippen molar-refractivity contribution in [2.45, 2.75) is 82.1 Å². The van der Waals surface area contributed by atoms with Crippen molar-refractivity contribution in [1.29, 1.82) is 0 Å². The highest BCUT2D eigenvalue weighted by molar-refractivity contribution is 7.99. The SMILES string of the molecule is CCSc1ccc(CNC(=O)c2ccc3c(c2)nc([C@@H](O)CCCC(CC)C(F)(F)F)n3C2CC2)cc1. The van der Waals surface area contributed by atoms with Crippen LogP contribution in [0.3, 0.4) is 0 Å². The monoisotopic (exact) mass is 533 g/mol. The summed E-state index contributed by atoms with van der Waals surface area (Å²) in [6.07, 6.45) is -2.73. The molecule has 3 aromatic rings. The zero-order valence-electron chi connectivity index (χ0n) is 21.2. The van der Waals surface area contributed by atoms with Crippen LogP contribution in [0.1, 0.15) is 86.3 Å². The van der Waals surface area contributed by atoms with Crippen molar-refractivity contribution >= 4 is 28.7 Å². The molecule has 9 heteroatoms. The lowest BCUT2D eigenvalue weighted by Gasteiger charge is -2.19. The zero-order chi connectivity index (χ0) is 26.6. The highest BCUT2D eigenvalue weighted by Gasteiger charge is 2.37. The van der Waals surface area contributed by atoms with Crippen LogP contribution in [0.15, 0.2) is 47.4 Å². The molecule has 37 heavy (non-hydrogen) atoms. The van der Waals surface area contributed by atoms with Gasteiger partial charge in [0.15, 0.2) is 0 Å². The Morgan fingerprint density at radius 3 is 2.51 bits per heavy atom. The number of aliphatic hydroxyl groups excluding tert-OH is 1. The summed E-state index contributed by atoms with van der Waals surface area (Å²) in [5.41, 5.74) is 2.92. The molecule has 5 nitrogen and oxygen atoms in total. The molecule has 2 atom stereocenters.